The zero-order valence-electron chi connectivity index (χ0n) is 11.9. The summed E-state index contributed by atoms with van der Waals surface area (Å²) >= 11 is 0. The highest BCUT2D eigenvalue weighted by Gasteiger charge is 2.23. The van der Waals surface area contributed by atoms with E-state index >= 15 is 0 Å². The van der Waals surface area contributed by atoms with E-state index in [1.54, 1.807) is 6.92 Å². The number of carboxylic acid groups (broad SMARTS) is 1. The van der Waals surface area contributed by atoms with Crippen LogP contribution in [0.1, 0.15) is 22.8 Å². The Labute approximate surface area is 123 Å². The molecule has 0 spiro atoms. The maximum Gasteiger partial charge on any atom is 0.335 e. The number of aromatic carboxylic acids is 1. The lowest BCUT2D eigenvalue weighted by Crippen LogP contribution is -2.40. The third-order valence-electron chi connectivity index (χ3n) is 2.89. The first-order valence-corrected chi connectivity index (χ1v) is 7.82. The van der Waals surface area contributed by atoms with Crippen LogP contribution in [0.2, 0.25) is 0 Å². The molecule has 0 aliphatic rings. The van der Waals surface area contributed by atoms with Crippen molar-refractivity contribution in [1.82, 2.24) is 4.72 Å². The van der Waals surface area contributed by atoms with Gasteiger partial charge in [-0.2, -0.15) is 0 Å². The van der Waals surface area contributed by atoms with Gasteiger partial charge in [-0.25, -0.2) is 17.9 Å². The molecule has 0 fully saturated rings. The van der Waals surface area contributed by atoms with Gasteiger partial charge >= 0.3 is 5.97 Å². The first-order chi connectivity index (χ1) is 9.85. The van der Waals surface area contributed by atoms with Crippen molar-refractivity contribution >= 4 is 16.0 Å². The first kappa shape index (κ1) is 17.6. The number of aliphatic hydroxyl groups excluding tert-OH is 1. The minimum atomic E-state index is -3.95. The van der Waals surface area contributed by atoms with Gasteiger partial charge in [-0.3, -0.25) is 0 Å². The van der Waals surface area contributed by atoms with Gasteiger partial charge in [-0.15, -0.1) is 0 Å². The predicted octanol–water partition coefficient (Wildman–Crippen LogP) is 0.233. The van der Waals surface area contributed by atoms with Crippen molar-refractivity contribution < 1.29 is 28.2 Å². The van der Waals surface area contributed by atoms with Gasteiger partial charge < -0.3 is 14.9 Å². The lowest BCUT2D eigenvalue weighted by Gasteiger charge is -2.17. The topological polar surface area (TPSA) is 113 Å². The Morgan fingerprint density at radius 2 is 2.10 bits per heavy atom. The second kappa shape index (κ2) is 7.51. The fraction of sp³-hybridized carbons (Fsp3) is 0.462. The van der Waals surface area contributed by atoms with Gasteiger partial charge in [-0.1, -0.05) is 13.0 Å². The summed E-state index contributed by atoms with van der Waals surface area (Å²) in [7, 11) is -2.56. The Morgan fingerprint density at radius 3 is 2.57 bits per heavy atom. The average molecular weight is 317 g/mol. The molecule has 0 saturated heterocycles. The molecule has 1 aromatic rings. The van der Waals surface area contributed by atoms with E-state index < -0.39 is 28.6 Å². The summed E-state index contributed by atoms with van der Waals surface area (Å²) in [6, 6.07) is 3.16. The number of methoxy groups -OCH3 is 1. The molecule has 0 bridgehead atoms. The van der Waals surface area contributed by atoms with Crippen LogP contribution in [0.4, 0.5) is 0 Å². The van der Waals surface area contributed by atoms with Crippen molar-refractivity contribution in [3.63, 3.8) is 0 Å². The molecule has 0 amide bonds. The van der Waals surface area contributed by atoms with E-state index in [1.165, 1.54) is 19.2 Å². The monoisotopic (exact) mass is 317 g/mol. The van der Waals surface area contributed by atoms with Gasteiger partial charge in [-0.05, 0) is 24.1 Å². The summed E-state index contributed by atoms with van der Waals surface area (Å²) < 4.78 is 31.8. The van der Waals surface area contributed by atoms with E-state index in [-0.39, 0.29) is 17.1 Å². The Bertz CT molecular complexity index is 599. The van der Waals surface area contributed by atoms with E-state index in [0.29, 0.717) is 12.0 Å². The fourth-order valence-electron chi connectivity index (χ4n) is 1.84. The zero-order valence-corrected chi connectivity index (χ0v) is 12.7. The number of benzene rings is 1. The average Bonchev–Trinajstić information content (AvgIpc) is 2.45. The molecule has 0 radical (unpaired) electrons. The van der Waals surface area contributed by atoms with Crippen LogP contribution in [0.5, 0.6) is 0 Å². The maximum absolute atomic E-state index is 12.4. The molecule has 1 unspecified atom stereocenters. The number of hydrogen-bond donors (Lipinski definition) is 3. The summed E-state index contributed by atoms with van der Waals surface area (Å²) in [5, 5.41) is 18.1. The standard InChI is InChI=1S/C13H19NO6S/c1-3-9-4-5-10(13(16)17)6-12(9)21(18,19)14-11(7-15)8-20-2/h4-6,11,14-15H,3,7-8H2,1-2H3,(H,16,17). The van der Waals surface area contributed by atoms with Gasteiger partial charge in [0.2, 0.25) is 10.0 Å². The molecule has 21 heavy (non-hydrogen) atoms. The molecule has 1 rings (SSSR count). The third-order valence-corrected chi connectivity index (χ3v) is 4.50. The molecule has 0 heterocycles. The molecule has 0 aromatic heterocycles. The third kappa shape index (κ3) is 4.50. The van der Waals surface area contributed by atoms with Crippen LogP contribution in [-0.2, 0) is 21.2 Å². The molecule has 7 nitrogen and oxygen atoms in total. The van der Waals surface area contributed by atoms with Crippen LogP contribution in [0.15, 0.2) is 23.1 Å². The molecular weight excluding hydrogens is 298 g/mol. The van der Waals surface area contributed by atoms with Crippen LogP contribution >= 0.6 is 0 Å². The van der Waals surface area contributed by atoms with Crippen molar-refractivity contribution in [2.24, 2.45) is 0 Å². The number of rotatable bonds is 8. The van der Waals surface area contributed by atoms with E-state index in [4.69, 9.17) is 14.9 Å². The Hall–Kier alpha value is -1.48. The van der Waals surface area contributed by atoms with Gasteiger partial charge in [0.05, 0.1) is 29.7 Å². The molecule has 8 heteroatoms. The summed E-state index contributed by atoms with van der Waals surface area (Å²) in [6.07, 6.45) is 0.435. The zero-order chi connectivity index (χ0) is 16.0. The van der Waals surface area contributed by atoms with E-state index in [0.717, 1.165) is 6.07 Å². The highest BCUT2D eigenvalue weighted by molar-refractivity contribution is 7.89. The number of carbonyl (C=O) groups is 1. The molecule has 0 aliphatic carbocycles. The molecular formula is C13H19NO6S. The van der Waals surface area contributed by atoms with Crippen molar-refractivity contribution in [3.8, 4) is 0 Å². The van der Waals surface area contributed by atoms with Crippen LogP contribution in [0, 0.1) is 0 Å². The van der Waals surface area contributed by atoms with E-state index in [1.807, 2.05) is 0 Å². The Kier molecular flexibility index (Phi) is 6.28. The van der Waals surface area contributed by atoms with Crippen LogP contribution < -0.4 is 4.72 Å². The largest absolute Gasteiger partial charge is 0.478 e. The molecule has 0 aliphatic heterocycles. The Morgan fingerprint density at radius 1 is 1.43 bits per heavy atom. The first-order valence-electron chi connectivity index (χ1n) is 6.34. The second-order valence-electron chi connectivity index (χ2n) is 4.44. The number of ether oxygens (including phenoxy) is 1. The number of carboxylic acids is 1. The van der Waals surface area contributed by atoms with Crippen LogP contribution in [0.3, 0.4) is 0 Å². The van der Waals surface area contributed by atoms with Crippen LogP contribution in [-0.4, -0.2) is 51.0 Å². The predicted molar refractivity (Wildman–Crippen MR) is 75.9 cm³/mol. The summed E-state index contributed by atoms with van der Waals surface area (Å²) in [5.41, 5.74) is 0.390. The molecule has 0 saturated carbocycles. The lowest BCUT2D eigenvalue weighted by molar-refractivity contribution is 0.0696. The summed E-state index contributed by atoms with van der Waals surface area (Å²) in [5.74, 6) is -1.20. The smallest absolute Gasteiger partial charge is 0.335 e. The van der Waals surface area contributed by atoms with Gasteiger partial charge in [0, 0.05) is 7.11 Å². The number of nitrogens with one attached hydrogen (secondary N) is 1. The number of sulfonamides is 1. The molecule has 1 atom stereocenters. The van der Waals surface area contributed by atoms with Crippen molar-refractivity contribution in [1.29, 1.82) is 0 Å². The molecule has 118 valence electrons. The van der Waals surface area contributed by atoms with Crippen LogP contribution in [0.25, 0.3) is 0 Å². The van der Waals surface area contributed by atoms with E-state index in [9.17, 15) is 13.2 Å². The minimum absolute atomic E-state index is 0.00973. The maximum atomic E-state index is 12.4. The van der Waals surface area contributed by atoms with Crippen molar-refractivity contribution in [2.45, 2.75) is 24.3 Å². The lowest BCUT2D eigenvalue weighted by atomic mass is 10.1. The number of aryl methyl sites for hydroxylation is 1. The normalized spacial score (nSPS) is 13.1. The highest BCUT2D eigenvalue weighted by atomic mass is 32.2. The van der Waals surface area contributed by atoms with Crippen molar-refractivity contribution in [2.75, 3.05) is 20.3 Å². The SMILES string of the molecule is CCc1ccc(C(=O)O)cc1S(=O)(=O)NC(CO)COC. The molecule has 1 aromatic carbocycles. The van der Waals surface area contributed by atoms with E-state index in [2.05, 4.69) is 4.72 Å². The van der Waals surface area contributed by atoms with Gasteiger partial charge in [0.25, 0.3) is 0 Å². The number of aliphatic hydroxyl groups is 1. The second-order valence-corrected chi connectivity index (χ2v) is 6.12. The minimum Gasteiger partial charge on any atom is -0.478 e. The summed E-state index contributed by atoms with van der Waals surface area (Å²) in [6.45, 7) is 1.36. The quantitative estimate of drug-likeness (QED) is 0.633. The van der Waals surface area contributed by atoms with Crippen molar-refractivity contribution in [3.05, 3.63) is 29.3 Å². The molecule has 3 N–H and O–H groups in total. The number of hydrogen-bond acceptors (Lipinski definition) is 5. The summed E-state index contributed by atoms with van der Waals surface area (Å²) in [4.78, 5) is 10.9. The highest BCUT2D eigenvalue weighted by Crippen LogP contribution is 2.19. The Balaban J connectivity index is 3.22. The van der Waals surface area contributed by atoms with Gasteiger partial charge in [0.15, 0.2) is 0 Å². The van der Waals surface area contributed by atoms with Gasteiger partial charge in [0.1, 0.15) is 0 Å². The fourth-order valence-corrected chi connectivity index (χ4v) is 3.39.